The first kappa shape index (κ1) is 14.4. The number of hydrogen-bond acceptors (Lipinski definition) is 5. The third-order valence-corrected chi connectivity index (χ3v) is 5.68. The maximum atomic E-state index is 6.22. The van der Waals surface area contributed by atoms with Crippen molar-refractivity contribution < 1.29 is 4.74 Å². The Morgan fingerprint density at radius 2 is 1.82 bits per heavy atom. The van der Waals surface area contributed by atoms with Gasteiger partial charge in [0.15, 0.2) is 0 Å². The van der Waals surface area contributed by atoms with Gasteiger partial charge in [0, 0.05) is 18.0 Å². The average molecular weight is 317 g/mol. The molecule has 118 valence electrons. The number of morpholine rings is 1. The van der Waals surface area contributed by atoms with Gasteiger partial charge < -0.3 is 9.64 Å². The summed E-state index contributed by atoms with van der Waals surface area (Å²) in [7, 11) is 0. The number of nitrogens with zero attached hydrogens (tertiary/aromatic N) is 3. The molecule has 0 spiro atoms. The van der Waals surface area contributed by atoms with Crippen molar-refractivity contribution in [3.63, 3.8) is 0 Å². The fourth-order valence-corrected chi connectivity index (χ4v) is 5.31. The highest BCUT2D eigenvalue weighted by Crippen LogP contribution is 2.41. The van der Waals surface area contributed by atoms with Crippen molar-refractivity contribution in [3.8, 4) is 0 Å². The fraction of sp³-hybridized carbons (Fsp3) is 0.647. The van der Waals surface area contributed by atoms with Gasteiger partial charge in [-0.1, -0.05) is 0 Å². The zero-order valence-corrected chi connectivity index (χ0v) is 14.6. The van der Waals surface area contributed by atoms with Crippen LogP contribution in [0.5, 0.6) is 0 Å². The number of rotatable bonds is 1. The molecule has 22 heavy (non-hydrogen) atoms. The van der Waals surface area contributed by atoms with Crippen molar-refractivity contribution >= 4 is 27.4 Å². The second-order valence-corrected chi connectivity index (χ2v) is 8.80. The van der Waals surface area contributed by atoms with Crippen LogP contribution >= 0.6 is 11.3 Å². The van der Waals surface area contributed by atoms with Crippen LogP contribution in [0.2, 0.25) is 0 Å². The molecule has 0 amide bonds. The van der Waals surface area contributed by atoms with Crippen molar-refractivity contribution in [2.24, 2.45) is 0 Å². The Hall–Kier alpha value is -1.20. The largest absolute Gasteiger partial charge is 0.366 e. The van der Waals surface area contributed by atoms with Crippen LogP contribution in [0.4, 0.5) is 5.82 Å². The van der Waals surface area contributed by atoms with E-state index in [1.165, 1.54) is 35.1 Å². The normalized spacial score (nSPS) is 23.0. The summed E-state index contributed by atoms with van der Waals surface area (Å²) in [6.07, 6.45) is 5.37. The summed E-state index contributed by atoms with van der Waals surface area (Å²) in [5.74, 6) is 1.11. The second kappa shape index (κ2) is 4.65. The SMILES string of the molecule is CC1(C)CN(c2ncnc3sc4c(c23)CCC4)CC(C)(C)O1. The molecule has 0 saturated carbocycles. The van der Waals surface area contributed by atoms with Crippen LogP contribution in [0, 0.1) is 0 Å². The fourth-order valence-electron chi connectivity index (χ4n) is 4.09. The third-order valence-electron chi connectivity index (χ3n) is 4.48. The van der Waals surface area contributed by atoms with Crippen molar-refractivity contribution in [2.45, 2.75) is 58.2 Å². The molecule has 1 saturated heterocycles. The molecule has 0 unspecified atom stereocenters. The van der Waals surface area contributed by atoms with Gasteiger partial charge in [-0.3, -0.25) is 0 Å². The lowest BCUT2D eigenvalue weighted by atomic mass is 9.98. The topological polar surface area (TPSA) is 38.2 Å². The highest BCUT2D eigenvalue weighted by Gasteiger charge is 2.39. The van der Waals surface area contributed by atoms with Crippen LogP contribution in [-0.4, -0.2) is 34.3 Å². The monoisotopic (exact) mass is 317 g/mol. The zero-order chi connectivity index (χ0) is 15.5. The third kappa shape index (κ3) is 2.31. The molecular weight excluding hydrogens is 294 g/mol. The summed E-state index contributed by atoms with van der Waals surface area (Å²) >= 11 is 1.86. The standard InChI is InChI=1S/C17H23N3OS/c1-16(2)8-20(9-17(3,4)21-16)14-13-11-6-5-7-12(11)22-15(13)19-10-18-14/h10H,5-9H2,1-4H3. The van der Waals surface area contributed by atoms with E-state index in [1.54, 1.807) is 6.33 Å². The average Bonchev–Trinajstić information content (AvgIpc) is 2.94. The maximum absolute atomic E-state index is 6.22. The Balaban J connectivity index is 1.84. The van der Waals surface area contributed by atoms with E-state index in [0.717, 1.165) is 23.7 Å². The van der Waals surface area contributed by atoms with Crippen molar-refractivity contribution in [3.05, 3.63) is 16.8 Å². The molecular formula is C17H23N3OS. The van der Waals surface area contributed by atoms with Gasteiger partial charge >= 0.3 is 0 Å². The zero-order valence-electron chi connectivity index (χ0n) is 13.8. The molecule has 0 N–H and O–H groups in total. The van der Waals surface area contributed by atoms with Gasteiger partial charge in [0.2, 0.25) is 0 Å². The summed E-state index contributed by atoms with van der Waals surface area (Å²) in [6.45, 7) is 10.4. The predicted molar refractivity (Wildman–Crippen MR) is 90.9 cm³/mol. The van der Waals surface area contributed by atoms with Gasteiger partial charge in [-0.05, 0) is 52.5 Å². The first-order valence-corrected chi connectivity index (χ1v) is 8.87. The van der Waals surface area contributed by atoms with Crippen molar-refractivity contribution in [2.75, 3.05) is 18.0 Å². The number of aromatic nitrogens is 2. The van der Waals surface area contributed by atoms with Crippen molar-refractivity contribution in [1.29, 1.82) is 0 Å². The van der Waals surface area contributed by atoms with E-state index < -0.39 is 0 Å². The number of aryl methyl sites for hydroxylation is 2. The van der Waals surface area contributed by atoms with Crippen LogP contribution in [0.25, 0.3) is 10.2 Å². The van der Waals surface area contributed by atoms with Crippen LogP contribution in [0.3, 0.4) is 0 Å². The van der Waals surface area contributed by atoms with E-state index in [0.29, 0.717) is 0 Å². The van der Waals surface area contributed by atoms with E-state index >= 15 is 0 Å². The van der Waals surface area contributed by atoms with E-state index in [2.05, 4.69) is 42.6 Å². The molecule has 4 nitrogen and oxygen atoms in total. The molecule has 1 fully saturated rings. The van der Waals surface area contributed by atoms with Gasteiger partial charge in [-0.25, -0.2) is 9.97 Å². The first-order valence-electron chi connectivity index (χ1n) is 8.05. The van der Waals surface area contributed by atoms with Gasteiger partial charge in [-0.15, -0.1) is 11.3 Å². The molecule has 0 bridgehead atoms. The Labute approximate surface area is 135 Å². The molecule has 1 aliphatic heterocycles. The van der Waals surface area contributed by atoms with E-state index in [1.807, 2.05) is 11.3 Å². The van der Waals surface area contributed by atoms with Gasteiger partial charge in [0.25, 0.3) is 0 Å². The van der Waals surface area contributed by atoms with Gasteiger partial charge in [0.1, 0.15) is 17.0 Å². The number of thiophene rings is 1. The van der Waals surface area contributed by atoms with E-state index in [9.17, 15) is 0 Å². The van der Waals surface area contributed by atoms with Crippen LogP contribution in [-0.2, 0) is 17.6 Å². The molecule has 3 heterocycles. The Morgan fingerprint density at radius 3 is 2.55 bits per heavy atom. The quantitative estimate of drug-likeness (QED) is 0.806. The lowest BCUT2D eigenvalue weighted by Crippen LogP contribution is -2.57. The molecule has 0 aromatic carbocycles. The molecule has 1 aliphatic carbocycles. The van der Waals surface area contributed by atoms with Crippen LogP contribution < -0.4 is 4.90 Å². The molecule has 2 aliphatic rings. The molecule has 5 heteroatoms. The van der Waals surface area contributed by atoms with Crippen LogP contribution in [0.15, 0.2) is 6.33 Å². The summed E-state index contributed by atoms with van der Waals surface area (Å²) in [6, 6.07) is 0. The summed E-state index contributed by atoms with van der Waals surface area (Å²) < 4.78 is 6.22. The second-order valence-electron chi connectivity index (χ2n) is 7.71. The minimum atomic E-state index is -0.168. The highest BCUT2D eigenvalue weighted by molar-refractivity contribution is 7.19. The lowest BCUT2D eigenvalue weighted by Gasteiger charge is -2.47. The van der Waals surface area contributed by atoms with Gasteiger partial charge in [0.05, 0.1) is 16.6 Å². The van der Waals surface area contributed by atoms with E-state index in [4.69, 9.17) is 4.74 Å². The number of anilines is 1. The number of hydrogen-bond donors (Lipinski definition) is 0. The smallest absolute Gasteiger partial charge is 0.141 e. The van der Waals surface area contributed by atoms with E-state index in [-0.39, 0.29) is 11.2 Å². The van der Waals surface area contributed by atoms with Gasteiger partial charge in [-0.2, -0.15) is 0 Å². The number of ether oxygens (including phenoxy) is 1. The van der Waals surface area contributed by atoms with Crippen molar-refractivity contribution in [1.82, 2.24) is 9.97 Å². The minimum absolute atomic E-state index is 0.168. The van der Waals surface area contributed by atoms with Crippen LogP contribution in [0.1, 0.15) is 44.6 Å². The molecule has 0 radical (unpaired) electrons. The Morgan fingerprint density at radius 1 is 1.09 bits per heavy atom. The maximum Gasteiger partial charge on any atom is 0.141 e. The molecule has 0 atom stereocenters. The summed E-state index contributed by atoms with van der Waals surface area (Å²) in [4.78, 5) is 14.3. The molecule has 4 rings (SSSR count). The predicted octanol–water partition coefficient (Wildman–Crippen LogP) is 3.57. The minimum Gasteiger partial charge on any atom is -0.366 e. The number of fused-ring (bicyclic) bond motifs is 3. The lowest BCUT2D eigenvalue weighted by molar-refractivity contribution is -0.133. The highest BCUT2D eigenvalue weighted by atomic mass is 32.1. The first-order chi connectivity index (χ1) is 10.3. The Bertz CT molecular complexity index is 719. The Kier molecular flexibility index (Phi) is 3.04. The summed E-state index contributed by atoms with van der Waals surface area (Å²) in [5, 5.41) is 1.30. The summed E-state index contributed by atoms with van der Waals surface area (Å²) in [5.41, 5.74) is 1.16. The molecule has 2 aromatic heterocycles. The molecule has 2 aromatic rings.